The van der Waals surface area contributed by atoms with Gasteiger partial charge < -0.3 is 24.0 Å². The third-order valence-corrected chi connectivity index (χ3v) is 4.79. The molecule has 0 radical (unpaired) electrons. The second-order valence-corrected chi connectivity index (χ2v) is 6.91. The van der Waals surface area contributed by atoms with E-state index in [1.54, 1.807) is 0 Å². The van der Waals surface area contributed by atoms with Crippen molar-refractivity contribution in [2.24, 2.45) is 0 Å². The van der Waals surface area contributed by atoms with Gasteiger partial charge in [0.25, 0.3) is 0 Å². The Morgan fingerprint density at radius 2 is 1.40 bits per heavy atom. The Balaban J connectivity index is 1.84. The first kappa shape index (κ1) is 21.3. The zero-order valence-electron chi connectivity index (χ0n) is 17.2. The van der Waals surface area contributed by atoms with Crippen LogP contribution in [0.2, 0.25) is 0 Å². The minimum atomic E-state index is 0.241. The van der Waals surface area contributed by atoms with Crippen LogP contribution in [0, 0.1) is 29.6 Å². The molecule has 3 rings (SSSR count). The van der Waals surface area contributed by atoms with Gasteiger partial charge in [-0.3, -0.25) is 0 Å². The topological polar surface area (TPSA) is 81.8 Å². The molecule has 1 aliphatic rings. The van der Waals surface area contributed by atoms with Crippen molar-refractivity contribution in [3.8, 4) is 23.6 Å². The summed E-state index contributed by atoms with van der Waals surface area (Å²) in [6, 6.07) is 18.1. The summed E-state index contributed by atoms with van der Waals surface area (Å²) < 4.78 is 17.8. The van der Waals surface area contributed by atoms with Gasteiger partial charge in [0, 0.05) is 13.1 Å². The standard InChI is InChI=1S/C23H26N4O3/c1-19-6-7-21-23(18-19)30-17-16-29-22-5-3-2-4-20(22)26(10-8-24)12-14-28-15-13-27(21)11-9-25/h2-7,18H,10-17H2,1H3. The Bertz CT molecular complexity index is 919. The number of hydrogen-bond acceptors (Lipinski definition) is 7. The largest absolute Gasteiger partial charge is 0.488 e. The number of hydrogen-bond donors (Lipinski definition) is 0. The minimum Gasteiger partial charge on any atom is -0.488 e. The van der Waals surface area contributed by atoms with Gasteiger partial charge in [-0.25, -0.2) is 0 Å². The predicted molar refractivity (Wildman–Crippen MR) is 115 cm³/mol. The van der Waals surface area contributed by atoms with Gasteiger partial charge in [-0.1, -0.05) is 18.2 Å². The van der Waals surface area contributed by atoms with Gasteiger partial charge in [0.05, 0.1) is 36.7 Å². The highest BCUT2D eigenvalue weighted by Crippen LogP contribution is 2.30. The highest BCUT2D eigenvalue weighted by atomic mass is 16.5. The van der Waals surface area contributed by atoms with Crippen molar-refractivity contribution in [1.29, 1.82) is 10.5 Å². The molecular formula is C23H26N4O3. The van der Waals surface area contributed by atoms with Gasteiger partial charge in [0.15, 0.2) is 0 Å². The number of ether oxygens (including phenoxy) is 3. The van der Waals surface area contributed by atoms with Crippen molar-refractivity contribution in [3.05, 3.63) is 48.0 Å². The van der Waals surface area contributed by atoms with Crippen LogP contribution in [0.25, 0.3) is 0 Å². The number of aryl methyl sites for hydroxylation is 1. The molecule has 0 aromatic heterocycles. The van der Waals surface area contributed by atoms with Crippen LogP contribution >= 0.6 is 0 Å². The fourth-order valence-corrected chi connectivity index (χ4v) is 3.33. The second-order valence-electron chi connectivity index (χ2n) is 6.91. The average molecular weight is 406 g/mol. The van der Waals surface area contributed by atoms with Crippen molar-refractivity contribution in [2.45, 2.75) is 6.92 Å². The lowest BCUT2D eigenvalue weighted by molar-refractivity contribution is 0.146. The van der Waals surface area contributed by atoms with Crippen LogP contribution < -0.4 is 19.3 Å². The van der Waals surface area contributed by atoms with Crippen LogP contribution in [-0.4, -0.2) is 52.6 Å². The number of anilines is 2. The Kier molecular flexibility index (Phi) is 7.77. The quantitative estimate of drug-likeness (QED) is 0.709. The molecule has 0 bridgehead atoms. The molecule has 7 heteroatoms. The maximum absolute atomic E-state index is 9.27. The van der Waals surface area contributed by atoms with Crippen LogP contribution in [0.3, 0.4) is 0 Å². The number of benzene rings is 2. The fourth-order valence-electron chi connectivity index (χ4n) is 3.33. The SMILES string of the molecule is Cc1ccc2c(c1)OCCOc1ccccc1N(CC#N)CCOCCN2CC#N. The lowest BCUT2D eigenvalue weighted by Gasteiger charge is -2.25. The Labute approximate surface area is 177 Å². The Hall–Kier alpha value is -3.42. The number of fused-ring (bicyclic) bond motifs is 2. The number of rotatable bonds is 2. The highest BCUT2D eigenvalue weighted by Gasteiger charge is 2.15. The lowest BCUT2D eigenvalue weighted by Crippen LogP contribution is -2.31. The normalized spacial score (nSPS) is 15.2. The Morgan fingerprint density at radius 3 is 2.07 bits per heavy atom. The molecule has 1 heterocycles. The van der Waals surface area contributed by atoms with Crippen LogP contribution in [0.4, 0.5) is 11.4 Å². The summed E-state index contributed by atoms with van der Waals surface area (Å²) in [5.41, 5.74) is 2.81. The van der Waals surface area contributed by atoms with Crippen molar-refractivity contribution in [3.63, 3.8) is 0 Å². The summed E-state index contributed by atoms with van der Waals surface area (Å²) in [7, 11) is 0. The van der Waals surface area contributed by atoms with Crippen LogP contribution in [0.5, 0.6) is 11.5 Å². The molecule has 0 aliphatic carbocycles. The molecule has 0 N–H and O–H groups in total. The summed E-state index contributed by atoms with van der Waals surface area (Å²) in [5.74, 6) is 1.44. The zero-order valence-corrected chi connectivity index (χ0v) is 17.2. The van der Waals surface area contributed by atoms with Crippen molar-refractivity contribution in [2.75, 3.05) is 62.4 Å². The molecule has 0 spiro atoms. The zero-order chi connectivity index (χ0) is 21.2. The first-order chi connectivity index (χ1) is 14.7. The van der Waals surface area contributed by atoms with E-state index in [2.05, 4.69) is 12.1 Å². The first-order valence-corrected chi connectivity index (χ1v) is 9.99. The van der Waals surface area contributed by atoms with Crippen molar-refractivity contribution >= 4 is 11.4 Å². The van der Waals surface area contributed by atoms with Crippen LogP contribution in [0.1, 0.15) is 5.56 Å². The molecule has 0 fully saturated rings. The van der Waals surface area contributed by atoms with Crippen LogP contribution in [-0.2, 0) is 4.74 Å². The van der Waals surface area contributed by atoms with E-state index in [-0.39, 0.29) is 13.1 Å². The third kappa shape index (κ3) is 5.56. The highest BCUT2D eigenvalue weighted by molar-refractivity contribution is 5.61. The molecule has 0 atom stereocenters. The molecule has 30 heavy (non-hydrogen) atoms. The van der Waals surface area contributed by atoms with Gasteiger partial charge >= 0.3 is 0 Å². The monoisotopic (exact) mass is 406 g/mol. The molecule has 7 nitrogen and oxygen atoms in total. The molecule has 0 saturated carbocycles. The van der Waals surface area contributed by atoms with Crippen molar-refractivity contribution in [1.82, 2.24) is 0 Å². The maximum Gasteiger partial charge on any atom is 0.143 e. The van der Waals surface area contributed by atoms with E-state index in [1.807, 2.05) is 59.2 Å². The molecule has 1 aliphatic heterocycles. The average Bonchev–Trinajstić information content (AvgIpc) is 2.75. The smallest absolute Gasteiger partial charge is 0.143 e. The first-order valence-electron chi connectivity index (χ1n) is 9.99. The van der Waals surface area contributed by atoms with Crippen LogP contribution in [0.15, 0.2) is 42.5 Å². The molecule has 2 aromatic rings. The predicted octanol–water partition coefficient (Wildman–Crippen LogP) is 3.14. The lowest BCUT2D eigenvalue weighted by atomic mass is 10.2. The van der Waals surface area contributed by atoms with E-state index in [0.29, 0.717) is 45.3 Å². The van der Waals surface area contributed by atoms with Gasteiger partial charge in [-0.05, 0) is 36.8 Å². The third-order valence-electron chi connectivity index (χ3n) is 4.79. The van der Waals surface area contributed by atoms with E-state index < -0.39 is 0 Å². The molecule has 156 valence electrons. The van der Waals surface area contributed by atoms with E-state index in [1.165, 1.54) is 0 Å². The van der Waals surface area contributed by atoms with Gasteiger partial charge in [-0.2, -0.15) is 10.5 Å². The minimum absolute atomic E-state index is 0.241. The Morgan fingerprint density at radius 1 is 0.800 bits per heavy atom. The van der Waals surface area contributed by atoms with E-state index >= 15 is 0 Å². The van der Waals surface area contributed by atoms with Gasteiger partial charge in [-0.15, -0.1) is 0 Å². The van der Waals surface area contributed by atoms with Crippen molar-refractivity contribution < 1.29 is 14.2 Å². The van der Waals surface area contributed by atoms with Gasteiger partial charge in [0.2, 0.25) is 0 Å². The van der Waals surface area contributed by atoms with E-state index in [4.69, 9.17) is 14.2 Å². The maximum atomic E-state index is 9.27. The molecule has 2 aromatic carbocycles. The summed E-state index contributed by atoms with van der Waals surface area (Å²) in [6.07, 6.45) is 0. The fraction of sp³-hybridized carbons (Fsp3) is 0.391. The molecule has 0 unspecified atom stereocenters. The molecular weight excluding hydrogens is 380 g/mol. The summed E-state index contributed by atoms with van der Waals surface area (Å²) in [6.45, 7) is 5.28. The number of nitriles is 2. The summed E-state index contributed by atoms with van der Waals surface area (Å²) in [5, 5.41) is 18.5. The van der Waals surface area contributed by atoms with Gasteiger partial charge in [0.1, 0.15) is 37.8 Å². The van der Waals surface area contributed by atoms with E-state index in [0.717, 1.165) is 22.7 Å². The second kappa shape index (κ2) is 10.9. The summed E-state index contributed by atoms with van der Waals surface area (Å²) >= 11 is 0. The number of para-hydroxylation sites is 2. The van der Waals surface area contributed by atoms with E-state index in [9.17, 15) is 10.5 Å². The number of nitrogens with zero attached hydrogens (tertiary/aromatic N) is 4. The molecule has 0 saturated heterocycles. The molecule has 0 amide bonds. The summed E-state index contributed by atoms with van der Waals surface area (Å²) in [4.78, 5) is 3.90.